The third kappa shape index (κ3) is 4.35. The number of benzene rings is 2. The molecule has 0 heterocycles. The average Bonchev–Trinajstić information content (AvgIpc) is 2.47. The van der Waals surface area contributed by atoms with Crippen molar-refractivity contribution in [3.8, 4) is 0 Å². The Hall–Kier alpha value is -2.29. The largest absolute Gasteiger partial charge is 0.376 e. The summed E-state index contributed by atoms with van der Waals surface area (Å²) in [5.74, 6) is -0.00803. The van der Waals surface area contributed by atoms with Crippen molar-refractivity contribution >= 4 is 11.6 Å². The Kier molecular flexibility index (Phi) is 4.99. The fraction of sp³-hybridized carbons (Fsp3) is 0.278. The van der Waals surface area contributed by atoms with E-state index in [-0.39, 0.29) is 18.5 Å². The maximum atomic E-state index is 12.0. The van der Waals surface area contributed by atoms with Crippen molar-refractivity contribution in [1.82, 2.24) is 5.32 Å². The van der Waals surface area contributed by atoms with Crippen LogP contribution in [0.1, 0.15) is 29.7 Å². The van der Waals surface area contributed by atoms with Crippen LogP contribution in [-0.4, -0.2) is 12.5 Å². The second-order valence-corrected chi connectivity index (χ2v) is 5.37. The van der Waals surface area contributed by atoms with Crippen molar-refractivity contribution in [2.24, 2.45) is 0 Å². The van der Waals surface area contributed by atoms with E-state index in [2.05, 4.69) is 23.6 Å². The highest BCUT2D eigenvalue weighted by Gasteiger charge is 2.09. The molecule has 0 fully saturated rings. The smallest absolute Gasteiger partial charge is 0.239 e. The number of nitrogens with one attached hydrogen (secondary N) is 2. The number of amides is 1. The van der Waals surface area contributed by atoms with Crippen molar-refractivity contribution < 1.29 is 4.79 Å². The first-order chi connectivity index (χ1) is 10.1. The molecular formula is C18H22N2O. The monoisotopic (exact) mass is 282 g/mol. The van der Waals surface area contributed by atoms with Gasteiger partial charge in [0.05, 0.1) is 12.6 Å². The molecule has 0 aliphatic heterocycles. The summed E-state index contributed by atoms with van der Waals surface area (Å²) in [6.45, 7) is 6.37. The maximum absolute atomic E-state index is 12.0. The molecule has 2 aromatic rings. The van der Waals surface area contributed by atoms with Gasteiger partial charge in [-0.15, -0.1) is 0 Å². The van der Waals surface area contributed by atoms with Crippen molar-refractivity contribution in [3.63, 3.8) is 0 Å². The molecule has 0 saturated carbocycles. The van der Waals surface area contributed by atoms with Crippen LogP contribution in [0.4, 0.5) is 5.69 Å². The topological polar surface area (TPSA) is 41.1 Å². The molecule has 0 radical (unpaired) electrons. The van der Waals surface area contributed by atoms with E-state index in [0.717, 1.165) is 16.8 Å². The number of hydrogen-bond acceptors (Lipinski definition) is 2. The summed E-state index contributed by atoms with van der Waals surface area (Å²) in [4.78, 5) is 12.0. The fourth-order valence-corrected chi connectivity index (χ4v) is 2.31. The van der Waals surface area contributed by atoms with Gasteiger partial charge in [0.25, 0.3) is 0 Å². The Morgan fingerprint density at radius 1 is 1.10 bits per heavy atom. The van der Waals surface area contributed by atoms with Crippen LogP contribution in [0.3, 0.4) is 0 Å². The first-order valence-corrected chi connectivity index (χ1v) is 7.21. The summed E-state index contributed by atoms with van der Waals surface area (Å²) in [6.07, 6.45) is 0. The summed E-state index contributed by atoms with van der Waals surface area (Å²) in [5, 5.41) is 6.18. The Bertz CT molecular complexity index is 608. The van der Waals surface area contributed by atoms with Crippen LogP contribution < -0.4 is 10.6 Å². The number of carbonyl (C=O) groups is 1. The molecule has 0 spiro atoms. The zero-order valence-electron chi connectivity index (χ0n) is 12.8. The van der Waals surface area contributed by atoms with Gasteiger partial charge in [-0.25, -0.2) is 0 Å². The van der Waals surface area contributed by atoms with Gasteiger partial charge in [-0.1, -0.05) is 48.0 Å². The summed E-state index contributed by atoms with van der Waals surface area (Å²) >= 11 is 0. The third-order valence-electron chi connectivity index (χ3n) is 3.50. The number of carbonyl (C=O) groups excluding carboxylic acids is 1. The number of anilines is 1. The molecule has 2 N–H and O–H groups in total. The molecule has 1 unspecified atom stereocenters. The predicted octanol–water partition coefficient (Wildman–Crippen LogP) is 3.59. The summed E-state index contributed by atoms with van der Waals surface area (Å²) in [5.41, 5.74) is 4.49. The van der Waals surface area contributed by atoms with Gasteiger partial charge in [-0.2, -0.15) is 0 Å². The third-order valence-corrected chi connectivity index (χ3v) is 3.50. The van der Waals surface area contributed by atoms with E-state index in [1.165, 1.54) is 5.56 Å². The van der Waals surface area contributed by atoms with Gasteiger partial charge in [-0.05, 0) is 38.0 Å². The molecule has 2 aromatic carbocycles. The number of rotatable bonds is 5. The minimum atomic E-state index is -0.00803. The lowest BCUT2D eigenvalue weighted by Gasteiger charge is -2.15. The normalized spacial score (nSPS) is 11.8. The molecule has 3 nitrogen and oxygen atoms in total. The standard InChI is InChI=1S/C18H22N2O/c1-13-9-10-17(14(2)11-13)19-12-18(21)20-15(3)16-7-5-4-6-8-16/h4-11,15,19H,12H2,1-3H3,(H,20,21). The molecule has 21 heavy (non-hydrogen) atoms. The van der Waals surface area contributed by atoms with E-state index in [4.69, 9.17) is 0 Å². The molecule has 110 valence electrons. The second-order valence-electron chi connectivity index (χ2n) is 5.37. The molecule has 1 amide bonds. The van der Waals surface area contributed by atoms with Crippen LogP contribution in [0, 0.1) is 13.8 Å². The molecule has 3 heteroatoms. The summed E-state index contributed by atoms with van der Waals surface area (Å²) < 4.78 is 0. The molecule has 0 aliphatic rings. The van der Waals surface area contributed by atoms with Gasteiger partial charge in [0.15, 0.2) is 0 Å². The lowest BCUT2D eigenvalue weighted by atomic mass is 10.1. The Labute approximate surface area is 126 Å². The van der Waals surface area contributed by atoms with Crippen molar-refractivity contribution in [1.29, 1.82) is 0 Å². The van der Waals surface area contributed by atoms with Gasteiger partial charge >= 0.3 is 0 Å². The lowest BCUT2D eigenvalue weighted by molar-refractivity contribution is -0.120. The average molecular weight is 282 g/mol. The SMILES string of the molecule is Cc1ccc(NCC(=O)NC(C)c2ccccc2)c(C)c1. The highest BCUT2D eigenvalue weighted by atomic mass is 16.1. The zero-order valence-corrected chi connectivity index (χ0v) is 12.8. The van der Waals surface area contributed by atoms with Crippen molar-refractivity contribution in [2.45, 2.75) is 26.8 Å². The lowest BCUT2D eigenvalue weighted by Crippen LogP contribution is -2.32. The molecule has 1 atom stereocenters. The molecule has 0 saturated heterocycles. The highest BCUT2D eigenvalue weighted by molar-refractivity contribution is 5.81. The van der Waals surface area contributed by atoms with Crippen LogP contribution in [0.15, 0.2) is 48.5 Å². The van der Waals surface area contributed by atoms with E-state index in [1.807, 2.05) is 56.3 Å². The van der Waals surface area contributed by atoms with E-state index < -0.39 is 0 Å². The maximum Gasteiger partial charge on any atom is 0.239 e. The predicted molar refractivity (Wildman–Crippen MR) is 87.4 cm³/mol. The van der Waals surface area contributed by atoms with E-state index >= 15 is 0 Å². The van der Waals surface area contributed by atoms with Gasteiger partial charge in [0, 0.05) is 5.69 Å². The summed E-state index contributed by atoms with van der Waals surface area (Å²) in [6, 6.07) is 16.1. The van der Waals surface area contributed by atoms with Crippen LogP contribution in [0.2, 0.25) is 0 Å². The van der Waals surface area contributed by atoms with Gasteiger partial charge < -0.3 is 10.6 Å². The van der Waals surface area contributed by atoms with Gasteiger partial charge in [0.2, 0.25) is 5.91 Å². The number of aryl methyl sites for hydroxylation is 2. The van der Waals surface area contributed by atoms with Crippen LogP contribution in [-0.2, 0) is 4.79 Å². The zero-order chi connectivity index (χ0) is 15.2. The van der Waals surface area contributed by atoms with Crippen LogP contribution in [0.25, 0.3) is 0 Å². The Morgan fingerprint density at radius 3 is 2.48 bits per heavy atom. The van der Waals surface area contributed by atoms with Crippen LogP contribution >= 0.6 is 0 Å². The van der Waals surface area contributed by atoms with Gasteiger partial charge in [-0.3, -0.25) is 4.79 Å². The van der Waals surface area contributed by atoms with E-state index in [1.54, 1.807) is 0 Å². The molecular weight excluding hydrogens is 260 g/mol. The second kappa shape index (κ2) is 6.93. The number of hydrogen-bond donors (Lipinski definition) is 2. The first-order valence-electron chi connectivity index (χ1n) is 7.21. The van der Waals surface area contributed by atoms with Crippen molar-refractivity contribution in [2.75, 3.05) is 11.9 Å². The molecule has 0 aliphatic carbocycles. The van der Waals surface area contributed by atoms with E-state index in [0.29, 0.717) is 0 Å². The molecule has 2 rings (SSSR count). The molecule has 0 aromatic heterocycles. The van der Waals surface area contributed by atoms with Gasteiger partial charge in [0.1, 0.15) is 0 Å². The Morgan fingerprint density at radius 2 is 1.81 bits per heavy atom. The fourth-order valence-electron chi connectivity index (χ4n) is 2.31. The van der Waals surface area contributed by atoms with Crippen molar-refractivity contribution in [3.05, 3.63) is 65.2 Å². The minimum Gasteiger partial charge on any atom is -0.376 e. The highest BCUT2D eigenvalue weighted by Crippen LogP contribution is 2.16. The van der Waals surface area contributed by atoms with E-state index in [9.17, 15) is 4.79 Å². The quantitative estimate of drug-likeness (QED) is 0.880. The first kappa shape index (κ1) is 15.1. The molecule has 0 bridgehead atoms. The van der Waals surface area contributed by atoms with Crippen LogP contribution in [0.5, 0.6) is 0 Å². The Balaban J connectivity index is 1.87. The summed E-state index contributed by atoms with van der Waals surface area (Å²) in [7, 11) is 0. The minimum absolute atomic E-state index is 0.00803.